The van der Waals surface area contributed by atoms with E-state index in [0.717, 1.165) is 11.3 Å². The summed E-state index contributed by atoms with van der Waals surface area (Å²) in [5, 5.41) is 0.165. The number of amides is 1. The van der Waals surface area contributed by atoms with Crippen molar-refractivity contribution in [3.05, 3.63) is 64.1 Å². The average molecular weight is 469 g/mol. The van der Waals surface area contributed by atoms with Gasteiger partial charge in [-0.15, -0.1) is 0 Å². The first-order valence-corrected chi connectivity index (χ1v) is 11.7. The van der Waals surface area contributed by atoms with E-state index in [4.69, 9.17) is 27.9 Å². The van der Waals surface area contributed by atoms with Crippen LogP contribution in [-0.4, -0.2) is 56.3 Å². The predicted molar refractivity (Wildman–Crippen MR) is 118 cm³/mol. The van der Waals surface area contributed by atoms with Gasteiger partial charge in [-0.25, -0.2) is 8.42 Å². The smallest absolute Gasteiger partial charge is 0.246 e. The van der Waals surface area contributed by atoms with E-state index in [-0.39, 0.29) is 47.0 Å². The average Bonchev–Trinajstić information content (AvgIpc) is 2.73. The zero-order valence-corrected chi connectivity index (χ0v) is 18.8. The highest BCUT2D eigenvalue weighted by molar-refractivity contribution is 7.89. The van der Waals surface area contributed by atoms with Crippen LogP contribution in [0.15, 0.2) is 53.4 Å². The van der Waals surface area contributed by atoms with Gasteiger partial charge in [0, 0.05) is 32.3 Å². The van der Waals surface area contributed by atoms with Crippen LogP contribution >= 0.6 is 23.2 Å². The first kappa shape index (κ1) is 22.6. The Morgan fingerprint density at radius 1 is 1.03 bits per heavy atom. The van der Waals surface area contributed by atoms with Gasteiger partial charge in [0.15, 0.2) is 0 Å². The minimum absolute atomic E-state index is 0.0827. The normalized spacial score (nSPS) is 15.5. The number of halogens is 2. The number of piperazine rings is 1. The molecule has 1 aliphatic rings. The zero-order chi connectivity index (χ0) is 21.7. The maximum atomic E-state index is 12.9. The number of hydrogen-bond acceptors (Lipinski definition) is 4. The van der Waals surface area contributed by atoms with Crippen molar-refractivity contribution in [3.63, 3.8) is 0 Å². The van der Waals surface area contributed by atoms with Crippen molar-refractivity contribution in [1.82, 2.24) is 9.21 Å². The van der Waals surface area contributed by atoms with Crippen molar-refractivity contribution in [3.8, 4) is 5.75 Å². The topological polar surface area (TPSA) is 66.9 Å². The molecule has 0 N–H and O–H groups in total. The Labute approximate surface area is 186 Å². The fourth-order valence-corrected chi connectivity index (χ4v) is 5.64. The molecule has 0 atom stereocenters. The molecule has 2 aromatic rings. The van der Waals surface area contributed by atoms with Crippen LogP contribution in [0.1, 0.15) is 12.5 Å². The highest BCUT2D eigenvalue weighted by Gasteiger charge is 2.32. The Morgan fingerprint density at radius 2 is 1.63 bits per heavy atom. The quantitative estimate of drug-likeness (QED) is 0.602. The fourth-order valence-electron chi connectivity index (χ4n) is 3.12. The van der Waals surface area contributed by atoms with Crippen molar-refractivity contribution in [2.24, 2.45) is 0 Å². The van der Waals surface area contributed by atoms with E-state index >= 15 is 0 Å². The number of nitrogens with zero attached hydrogens (tertiary/aromatic N) is 2. The Hall–Kier alpha value is -2.06. The van der Waals surface area contributed by atoms with E-state index in [0.29, 0.717) is 6.61 Å². The van der Waals surface area contributed by atoms with Crippen LogP contribution in [0.5, 0.6) is 5.75 Å². The van der Waals surface area contributed by atoms with Crippen molar-refractivity contribution in [2.45, 2.75) is 11.8 Å². The third kappa shape index (κ3) is 5.16. The molecule has 0 saturated carbocycles. The Morgan fingerprint density at radius 3 is 2.20 bits per heavy atom. The molecule has 0 aromatic heterocycles. The molecule has 2 aromatic carbocycles. The summed E-state index contributed by atoms with van der Waals surface area (Å²) in [6.07, 6.45) is 3.22. The summed E-state index contributed by atoms with van der Waals surface area (Å²) in [7, 11) is -3.84. The number of ether oxygens (including phenoxy) is 1. The van der Waals surface area contributed by atoms with Crippen molar-refractivity contribution in [1.29, 1.82) is 0 Å². The summed E-state index contributed by atoms with van der Waals surface area (Å²) in [5.41, 5.74) is 0.876. The zero-order valence-electron chi connectivity index (χ0n) is 16.4. The molecule has 9 heteroatoms. The monoisotopic (exact) mass is 468 g/mol. The first-order valence-electron chi connectivity index (χ1n) is 9.47. The standard InChI is InChI=1S/C21H22Cl2N2O4S/c1-2-29-17-9-6-16(7-10-17)8-11-20(26)24-12-14-25(15-13-24)30(27,28)21-18(22)4-3-5-19(21)23/h3-11H,2,12-15H2,1H3/b11-8+. The molecule has 1 heterocycles. The van der Waals surface area contributed by atoms with Gasteiger partial charge >= 0.3 is 0 Å². The molecule has 30 heavy (non-hydrogen) atoms. The number of hydrogen-bond donors (Lipinski definition) is 0. The van der Waals surface area contributed by atoms with Gasteiger partial charge in [0.2, 0.25) is 15.9 Å². The van der Waals surface area contributed by atoms with Crippen LogP contribution in [0.2, 0.25) is 10.0 Å². The highest BCUT2D eigenvalue weighted by atomic mass is 35.5. The molecule has 3 rings (SSSR count). The maximum Gasteiger partial charge on any atom is 0.246 e. The third-order valence-electron chi connectivity index (χ3n) is 4.68. The van der Waals surface area contributed by atoms with Gasteiger partial charge in [0.05, 0.1) is 16.7 Å². The maximum absolute atomic E-state index is 12.9. The second-order valence-electron chi connectivity index (χ2n) is 6.62. The van der Waals surface area contributed by atoms with Crippen LogP contribution in [0.25, 0.3) is 6.08 Å². The number of rotatable bonds is 6. The number of benzene rings is 2. The molecular formula is C21H22Cl2N2O4S. The highest BCUT2D eigenvalue weighted by Crippen LogP contribution is 2.31. The molecule has 1 fully saturated rings. The summed E-state index contributed by atoms with van der Waals surface area (Å²) in [6.45, 7) is 3.43. The lowest BCUT2D eigenvalue weighted by Gasteiger charge is -2.33. The summed E-state index contributed by atoms with van der Waals surface area (Å²) in [4.78, 5) is 14.0. The summed E-state index contributed by atoms with van der Waals surface area (Å²) in [5.74, 6) is 0.605. The summed E-state index contributed by atoms with van der Waals surface area (Å²) < 4.78 is 32.5. The number of carbonyl (C=O) groups is 1. The van der Waals surface area contributed by atoms with Gasteiger partial charge in [-0.05, 0) is 42.8 Å². The lowest BCUT2D eigenvalue weighted by atomic mass is 10.2. The van der Waals surface area contributed by atoms with Crippen molar-refractivity contribution >= 4 is 45.2 Å². The second kappa shape index (κ2) is 9.83. The summed E-state index contributed by atoms with van der Waals surface area (Å²) >= 11 is 12.1. The van der Waals surface area contributed by atoms with E-state index in [2.05, 4.69) is 0 Å². The lowest BCUT2D eigenvalue weighted by molar-refractivity contribution is -0.127. The van der Waals surface area contributed by atoms with Crippen molar-refractivity contribution < 1.29 is 17.9 Å². The van der Waals surface area contributed by atoms with Gasteiger partial charge in [0.1, 0.15) is 10.6 Å². The predicted octanol–water partition coefficient (Wildman–Crippen LogP) is 3.94. The van der Waals surface area contributed by atoms with E-state index < -0.39 is 10.0 Å². The van der Waals surface area contributed by atoms with Gasteiger partial charge in [0.25, 0.3) is 0 Å². The molecule has 6 nitrogen and oxygen atoms in total. The molecule has 1 aliphatic heterocycles. The van der Waals surface area contributed by atoms with Crippen LogP contribution in [0.4, 0.5) is 0 Å². The molecule has 1 amide bonds. The molecular weight excluding hydrogens is 447 g/mol. The Bertz CT molecular complexity index is 1010. The summed E-state index contributed by atoms with van der Waals surface area (Å²) in [6, 6.07) is 12.0. The lowest BCUT2D eigenvalue weighted by Crippen LogP contribution is -2.50. The van der Waals surface area contributed by atoms with Crippen LogP contribution in [-0.2, 0) is 14.8 Å². The molecule has 160 valence electrons. The SMILES string of the molecule is CCOc1ccc(/C=C/C(=O)N2CCN(S(=O)(=O)c3c(Cl)cccc3Cl)CC2)cc1. The molecule has 0 spiro atoms. The van der Waals surface area contributed by atoms with E-state index in [1.54, 1.807) is 17.0 Å². The Balaban J connectivity index is 1.61. The minimum atomic E-state index is -3.84. The molecule has 0 bridgehead atoms. The molecule has 0 aliphatic carbocycles. The fraction of sp³-hybridized carbons (Fsp3) is 0.286. The molecule has 1 saturated heterocycles. The van der Waals surface area contributed by atoms with E-state index in [1.165, 1.54) is 22.5 Å². The van der Waals surface area contributed by atoms with E-state index in [9.17, 15) is 13.2 Å². The van der Waals surface area contributed by atoms with Crippen LogP contribution in [0.3, 0.4) is 0 Å². The van der Waals surface area contributed by atoms with Gasteiger partial charge in [-0.2, -0.15) is 4.31 Å². The number of carbonyl (C=O) groups excluding carboxylic acids is 1. The minimum Gasteiger partial charge on any atom is -0.494 e. The van der Waals surface area contributed by atoms with Gasteiger partial charge < -0.3 is 9.64 Å². The molecule has 0 unspecified atom stereocenters. The second-order valence-corrected chi connectivity index (χ2v) is 9.30. The van der Waals surface area contributed by atoms with Gasteiger partial charge in [-0.1, -0.05) is 41.4 Å². The van der Waals surface area contributed by atoms with Gasteiger partial charge in [-0.3, -0.25) is 4.79 Å². The Kier molecular flexibility index (Phi) is 7.41. The van der Waals surface area contributed by atoms with E-state index in [1.807, 2.05) is 31.2 Å². The number of sulfonamides is 1. The largest absolute Gasteiger partial charge is 0.494 e. The molecule has 0 radical (unpaired) electrons. The third-order valence-corrected chi connectivity index (χ3v) is 7.53. The van der Waals surface area contributed by atoms with Crippen molar-refractivity contribution in [2.75, 3.05) is 32.8 Å². The van der Waals surface area contributed by atoms with Crippen LogP contribution in [0, 0.1) is 0 Å². The first-order chi connectivity index (χ1) is 14.3. The van der Waals surface area contributed by atoms with Crippen LogP contribution < -0.4 is 4.74 Å².